The molecule has 0 fully saturated rings. The van der Waals surface area contributed by atoms with E-state index in [1.165, 1.54) is 0 Å². The number of hydrogen-bond donors (Lipinski definition) is 1. The summed E-state index contributed by atoms with van der Waals surface area (Å²) in [4.78, 5) is 0. The molecule has 0 spiro atoms. The number of aryl methyl sites for hydroxylation is 1. The molecule has 0 saturated heterocycles. The second-order valence-corrected chi connectivity index (χ2v) is 6.18. The summed E-state index contributed by atoms with van der Waals surface area (Å²) in [5.41, 5.74) is 4.06. The Balaban J connectivity index is 2.03. The van der Waals surface area contributed by atoms with Crippen LogP contribution < -0.4 is 9.47 Å². The van der Waals surface area contributed by atoms with E-state index in [2.05, 4.69) is 19.9 Å². The molecule has 0 unspecified atom stereocenters. The Morgan fingerprint density at radius 3 is 2.23 bits per heavy atom. The minimum atomic E-state index is -0.0385. The Morgan fingerprint density at radius 2 is 1.62 bits per heavy atom. The first-order valence-corrected chi connectivity index (χ1v) is 9.35. The smallest absolute Gasteiger partial charge is 0.127 e. The van der Waals surface area contributed by atoms with Crippen LogP contribution in [0.2, 0.25) is 0 Å². The summed E-state index contributed by atoms with van der Waals surface area (Å²) in [5, 5.41) is 9.65. The minimum Gasteiger partial charge on any atom is -0.496 e. The first kappa shape index (κ1) is 20.3. The average Bonchev–Trinajstić information content (AvgIpc) is 2.69. The molecular formula is C22H30O4. The van der Waals surface area contributed by atoms with E-state index in [4.69, 9.17) is 14.2 Å². The van der Waals surface area contributed by atoms with E-state index < -0.39 is 0 Å². The zero-order valence-corrected chi connectivity index (χ0v) is 16.1. The van der Waals surface area contributed by atoms with E-state index in [1.54, 1.807) is 7.11 Å². The molecule has 0 radical (unpaired) electrons. The molecule has 142 valence electrons. The fourth-order valence-corrected chi connectivity index (χ4v) is 2.87. The van der Waals surface area contributed by atoms with Crippen LogP contribution in [-0.2, 0) is 17.8 Å². The van der Waals surface area contributed by atoms with Crippen molar-refractivity contribution >= 4 is 0 Å². The number of unbranched alkanes of at least 4 members (excludes halogenated alkanes) is 1. The van der Waals surface area contributed by atoms with Crippen LogP contribution in [-0.4, -0.2) is 32.0 Å². The molecule has 2 aromatic carbocycles. The number of methoxy groups -OCH3 is 1. The molecule has 4 nitrogen and oxygen atoms in total. The number of benzene rings is 2. The standard InChI is InChI=1S/C22H30O4/c1-4-6-11-25-12-13-26-21-9-7-18(8-10-21)19-14-17(5-2)22(24-3)20(15-19)16-23/h7-10,14-15,23H,4-6,11-13,16H2,1-3H3. The lowest BCUT2D eigenvalue weighted by atomic mass is 9.97. The maximum Gasteiger partial charge on any atom is 0.127 e. The summed E-state index contributed by atoms with van der Waals surface area (Å²) in [7, 11) is 1.64. The van der Waals surface area contributed by atoms with Crippen LogP contribution in [0, 0.1) is 0 Å². The normalized spacial score (nSPS) is 10.8. The Kier molecular flexibility index (Phi) is 8.45. The molecule has 0 aromatic heterocycles. The van der Waals surface area contributed by atoms with Gasteiger partial charge in [0.05, 0.1) is 20.3 Å². The van der Waals surface area contributed by atoms with Crippen LogP contribution in [0.25, 0.3) is 11.1 Å². The van der Waals surface area contributed by atoms with E-state index in [0.717, 1.165) is 59.6 Å². The predicted octanol–water partition coefficient (Wildman–Crippen LogP) is 4.61. The first-order valence-electron chi connectivity index (χ1n) is 9.35. The molecule has 0 aliphatic rings. The molecule has 0 atom stereocenters. The van der Waals surface area contributed by atoms with Gasteiger partial charge in [-0.25, -0.2) is 0 Å². The van der Waals surface area contributed by atoms with Crippen molar-refractivity contribution in [3.8, 4) is 22.6 Å². The quantitative estimate of drug-likeness (QED) is 0.596. The van der Waals surface area contributed by atoms with Gasteiger partial charge in [-0.2, -0.15) is 0 Å². The monoisotopic (exact) mass is 358 g/mol. The third-order valence-electron chi connectivity index (χ3n) is 4.32. The van der Waals surface area contributed by atoms with Crippen LogP contribution in [0.1, 0.15) is 37.8 Å². The number of aliphatic hydroxyl groups excluding tert-OH is 1. The third-order valence-corrected chi connectivity index (χ3v) is 4.32. The zero-order chi connectivity index (χ0) is 18.8. The molecular weight excluding hydrogens is 328 g/mol. The highest BCUT2D eigenvalue weighted by Crippen LogP contribution is 2.32. The van der Waals surface area contributed by atoms with Gasteiger partial charge in [0.1, 0.15) is 18.1 Å². The maximum atomic E-state index is 9.65. The molecule has 2 aromatic rings. The van der Waals surface area contributed by atoms with Gasteiger partial charge in [0.25, 0.3) is 0 Å². The summed E-state index contributed by atoms with van der Waals surface area (Å²) >= 11 is 0. The van der Waals surface area contributed by atoms with E-state index in [9.17, 15) is 5.11 Å². The van der Waals surface area contributed by atoms with Crippen molar-refractivity contribution in [2.24, 2.45) is 0 Å². The second-order valence-electron chi connectivity index (χ2n) is 6.18. The summed E-state index contributed by atoms with van der Waals surface area (Å²) in [6, 6.07) is 12.1. The van der Waals surface area contributed by atoms with Gasteiger partial charge in [-0.3, -0.25) is 0 Å². The van der Waals surface area contributed by atoms with Gasteiger partial charge in [-0.1, -0.05) is 32.4 Å². The van der Waals surface area contributed by atoms with Crippen molar-refractivity contribution in [3.63, 3.8) is 0 Å². The fourth-order valence-electron chi connectivity index (χ4n) is 2.87. The van der Waals surface area contributed by atoms with Gasteiger partial charge in [0.15, 0.2) is 0 Å². The minimum absolute atomic E-state index is 0.0385. The Morgan fingerprint density at radius 1 is 0.885 bits per heavy atom. The SMILES string of the molecule is CCCCOCCOc1ccc(-c2cc(CC)c(OC)c(CO)c2)cc1. The number of hydrogen-bond acceptors (Lipinski definition) is 4. The number of rotatable bonds is 11. The lowest BCUT2D eigenvalue weighted by Crippen LogP contribution is -2.07. The van der Waals surface area contributed by atoms with Crippen molar-refractivity contribution in [2.75, 3.05) is 26.9 Å². The molecule has 2 rings (SSSR count). The van der Waals surface area contributed by atoms with Gasteiger partial charge in [0.2, 0.25) is 0 Å². The number of ether oxygens (including phenoxy) is 3. The van der Waals surface area contributed by atoms with E-state index in [1.807, 2.05) is 30.3 Å². The summed E-state index contributed by atoms with van der Waals surface area (Å²) < 4.78 is 16.7. The highest BCUT2D eigenvalue weighted by molar-refractivity contribution is 5.68. The van der Waals surface area contributed by atoms with Gasteiger partial charge in [0, 0.05) is 12.2 Å². The molecule has 26 heavy (non-hydrogen) atoms. The fraction of sp³-hybridized carbons (Fsp3) is 0.455. The van der Waals surface area contributed by atoms with Gasteiger partial charge < -0.3 is 19.3 Å². The van der Waals surface area contributed by atoms with Crippen LogP contribution in [0.4, 0.5) is 0 Å². The van der Waals surface area contributed by atoms with Crippen molar-refractivity contribution in [2.45, 2.75) is 39.7 Å². The van der Waals surface area contributed by atoms with Gasteiger partial charge in [-0.15, -0.1) is 0 Å². The summed E-state index contributed by atoms with van der Waals surface area (Å²) in [6.45, 7) is 6.16. The Hall–Kier alpha value is -2.04. The highest BCUT2D eigenvalue weighted by atomic mass is 16.5. The summed E-state index contributed by atoms with van der Waals surface area (Å²) in [5.74, 6) is 1.61. The van der Waals surface area contributed by atoms with E-state index >= 15 is 0 Å². The average molecular weight is 358 g/mol. The van der Waals surface area contributed by atoms with Crippen molar-refractivity contribution in [1.29, 1.82) is 0 Å². The van der Waals surface area contributed by atoms with Crippen LogP contribution in [0.15, 0.2) is 36.4 Å². The predicted molar refractivity (Wildman–Crippen MR) is 105 cm³/mol. The molecule has 1 N–H and O–H groups in total. The molecule has 0 aliphatic carbocycles. The van der Waals surface area contributed by atoms with Crippen LogP contribution in [0.3, 0.4) is 0 Å². The summed E-state index contributed by atoms with van der Waals surface area (Å²) in [6.07, 6.45) is 3.08. The van der Waals surface area contributed by atoms with E-state index in [0.29, 0.717) is 13.2 Å². The zero-order valence-electron chi connectivity index (χ0n) is 16.1. The Labute approximate surface area is 156 Å². The largest absolute Gasteiger partial charge is 0.496 e. The molecule has 0 heterocycles. The van der Waals surface area contributed by atoms with Crippen molar-refractivity contribution in [3.05, 3.63) is 47.5 Å². The highest BCUT2D eigenvalue weighted by Gasteiger charge is 2.11. The number of aliphatic hydroxyl groups is 1. The first-order chi connectivity index (χ1) is 12.7. The van der Waals surface area contributed by atoms with E-state index in [-0.39, 0.29) is 6.61 Å². The van der Waals surface area contributed by atoms with Gasteiger partial charge >= 0.3 is 0 Å². The third kappa shape index (κ3) is 5.48. The Bertz CT molecular complexity index is 639. The maximum absolute atomic E-state index is 9.65. The van der Waals surface area contributed by atoms with Crippen LogP contribution in [0.5, 0.6) is 11.5 Å². The molecule has 0 bridgehead atoms. The van der Waals surface area contributed by atoms with Crippen LogP contribution >= 0.6 is 0 Å². The van der Waals surface area contributed by atoms with Crippen molar-refractivity contribution in [1.82, 2.24) is 0 Å². The van der Waals surface area contributed by atoms with Crippen molar-refractivity contribution < 1.29 is 19.3 Å². The topological polar surface area (TPSA) is 47.9 Å². The molecule has 0 aliphatic heterocycles. The van der Waals surface area contributed by atoms with Gasteiger partial charge in [-0.05, 0) is 53.8 Å². The second kappa shape index (κ2) is 10.8. The molecule has 0 saturated carbocycles. The lowest BCUT2D eigenvalue weighted by molar-refractivity contribution is 0.0981. The molecule has 4 heteroatoms. The molecule has 0 amide bonds. The lowest BCUT2D eigenvalue weighted by Gasteiger charge is -2.14.